The summed E-state index contributed by atoms with van der Waals surface area (Å²) in [4.78, 5) is 22.9. The third-order valence-electron chi connectivity index (χ3n) is 5.65. The van der Waals surface area contributed by atoms with E-state index >= 15 is 0 Å². The second-order valence-corrected chi connectivity index (χ2v) is 10.1. The number of amides is 1. The molecule has 0 aliphatic carbocycles. The number of nitrogens with two attached hydrogens (primary N) is 1. The van der Waals surface area contributed by atoms with E-state index in [4.69, 9.17) is 17.3 Å². The number of carbonyl (C=O) groups excluding carboxylic acids is 1. The molecule has 1 aromatic rings. The summed E-state index contributed by atoms with van der Waals surface area (Å²) in [5, 5.41) is 3.00. The van der Waals surface area contributed by atoms with E-state index in [0.717, 1.165) is 45.0 Å². The number of rotatable bonds is 8. The van der Waals surface area contributed by atoms with Gasteiger partial charge in [0.05, 0.1) is 17.8 Å². The number of piperidine rings is 1. The molecule has 0 aromatic carbocycles. The van der Waals surface area contributed by atoms with Crippen LogP contribution in [-0.4, -0.2) is 53.2 Å². The fourth-order valence-corrected chi connectivity index (χ4v) is 3.93. The fraction of sp³-hybridized carbons (Fsp3) is 0.625. The van der Waals surface area contributed by atoms with Crippen LogP contribution in [0.15, 0.2) is 28.8 Å². The predicted octanol–water partition coefficient (Wildman–Crippen LogP) is 4.83. The van der Waals surface area contributed by atoms with Gasteiger partial charge in [0.25, 0.3) is 0 Å². The van der Waals surface area contributed by atoms with Crippen molar-refractivity contribution in [2.75, 3.05) is 26.2 Å². The summed E-state index contributed by atoms with van der Waals surface area (Å²) in [5.41, 5.74) is 5.32. The smallest absolute Gasteiger partial charge is 0.397 e. The van der Waals surface area contributed by atoms with Crippen molar-refractivity contribution < 1.29 is 18.0 Å². The van der Waals surface area contributed by atoms with Crippen LogP contribution in [0.25, 0.3) is 5.70 Å². The Morgan fingerprint density at radius 3 is 2.47 bits per heavy atom. The highest BCUT2D eigenvalue weighted by Gasteiger charge is 2.33. The van der Waals surface area contributed by atoms with Gasteiger partial charge < -0.3 is 16.0 Å². The molecule has 1 fully saturated rings. The Kier molecular flexibility index (Phi) is 9.94. The van der Waals surface area contributed by atoms with Crippen molar-refractivity contribution in [3.05, 3.63) is 35.2 Å². The maximum absolute atomic E-state index is 13.1. The SMILES string of the molecule is CCN=C(Cl)/C(CC(=O)NC1CCN(CCC(C)(C)C)CC1)=C(\N)c1cccc(C(F)(F)F)n1. The lowest BCUT2D eigenvalue weighted by atomic mass is 9.91. The molecule has 0 saturated carbocycles. The molecular weight excluding hydrogens is 467 g/mol. The van der Waals surface area contributed by atoms with E-state index in [1.165, 1.54) is 12.1 Å². The van der Waals surface area contributed by atoms with E-state index in [1.807, 2.05) is 0 Å². The zero-order chi connectivity index (χ0) is 25.5. The van der Waals surface area contributed by atoms with E-state index in [0.29, 0.717) is 6.54 Å². The van der Waals surface area contributed by atoms with Crippen molar-refractivity contribution in [2.24, 2.45) is 16.1 Å². The third-order valence-corrected chi connectivity index (χ3v) is 6.00. The summed E-state index contributed by atoms with van der Waals surface area (Å²) >= 11 is 6.27. The average Bonchev–Trinajstić information content (AvgIpc) is 2.75. The maximum atomic E-state index is 13.1. The normalized spacial score (nSPS) is 17.5. The van der Waals surface area contributed by atoms with Gasteiger partial charge in [0.1, 0.15) is 10.9 Å². The molecule has 1 amide bonds. The second kappa shape index (κ2) is 12.0. The Labute approximate surface area is 204 Å². The maximum Gasteiger partial charge on any atom is 0.433 e. The van der Waals surface area contributed by atoms with E-state index in [-0.39, 0.29) is 45.9 Å². The highest BCUT2D eigenvalue weighted by molar-refractivity contribution is 6.70. The summed E-state index contributed by atoms with van der Waals surface area (Å²) in [6, 6.07) is 3.45. The Morgan fingerprint density at radius 2 is 1.91 bits per heavy atom. The summed E-state index contributed by atoms with van der Waals surface area (Å²) in [6.07, 6.45) is -2.05. The van der Waals surface area contributed by atoms with Crippen LogP contribution in [0.1, 0.15) is 64.8 Å². The Bertz CT molecular complexity index is 901. The largest absolute Gasteiger partial charge is 0.433 e. The van der Waals surface area contributed by atoms with Crippen molar-refractivity contribution >= 4 is 28.4 Å². The molecule has 1 saturated heterocycles. The van der Waals surface area contributed by atoms with E-state index in [2.05, 4.69) is 41.0 Å². The van der Waals surface area contributed by atoms with Crippen LogP contribution in [0.5, 0.6) is 0 Å². The first kappa shape index (κ1) is 28.1. The summed E-state index contributed by atoms with van der Waals surface area (Å²) in [7, 11) is 0. The molecule has 0 atom stereocenters. The summed E-state index contributed by atoms with van der Waals surface area (Å²) in [6.45, 7) is 11.6. The van der Waals surface area contributed by atoms with Crippen molar-refractivity contribution in [1.29, 1.82) is 0 Å². The van der Waals surface area contributed by atoms with Gasteiger partial charge in [-0.3, -0.25) is 9.79 Å². The number of nitrogens with zero attached hydrogens (tertiary/aromatic N) is 3. The molecule has 2 heterocycles. The van der Waals surface area contributed by atoms with E-state index in [9.17, 15) is 18.0 Å². The first-order valence-electron chi connectivity index (χ1n) is 11.6. The molecule has 0 bridgehead atoms. The van der Waals surface area contributed by atoms with Crippen LogP contribution >= 0.6 is 11.6 Å². The van der Waals surface area contributed by atoms with Crippen LogP contribution in [0.4, 0.5) is 13.2 Å². The van der Waals surface area contributed by atoms with Crippen molar-refractivity contribution in [2.45, 2.75) is 65.6 Å². The van der Waals surface area contributed by atoms with E-state index < -0.39 is 11.9 Å². The number of halogens is 4. The topological polar surface area (TPSA) is 83.6 Å². The molecule has 2 rings (SSSR count). The molecule has 0 spiro atoms. The molecule has 0 unspecified atom stereocenters. The van der Waals surface area contributed by atoms with Gasteiger partial charge in [0.2, 0.25) is 5.91 Å². The quantitative estimate of drug-likeness (QED) is 0.499. The standard InChI is InChI=1S/C24H35ClF3N5O/c1-5-30-22(25)17(21(29)18-7-6-8-19(32-18)24(26,27)28)15-20(34)31-16-9-12-33(13-10-16)14-11-23(2,3)4/h6-8,16H,5,9-15,29H2,1-4H3,(H,31,34)/b21-17-,30-22?. The molecule has 34 heavy (non-hydrogen) atoms. The van der Waals surface area contributed by atoms with Crippen LogP contribution in [0, 0.1) is 5.41 Å². The number of alkyl halides is 3. The van der Waals surface area contributed by atoms with Crippen LogP contribution < -0.4 is 11.1 Å². The number of aliphatic imine (C=N–C) groups is 1. The Balaban J connectivity index is 2.09. The average molecular weight is 502 g/mol. The number of pyridine rings is 1. The minimum absolute atomic E-state index is 0.00800. The molecule has 6 nitrogen and oxygen atoms in total. The molecule has 3 N–H and O–H groups in total. The molecule has 1 aliphatic heterocycles. The fourth-order valence-electron chi connectivity index (χ4n) is 3.64. The number of nitrogens with one attached hydrogen (secondary N) is 1. The number of likely N-dealkylation sites (tertiary alicyclic amines) is 1. The Hall–Kier alpha value is -2.13. The van der Waals surface area contributed by atoms with Gasteiger partial charge >= 0.3 is 6.18 Å². The van der Waals surface area contributed by atoms with Gasteiger partial charge in [-0.2, -0.15) is 13.2 Å². The number of carbonyl (C=O) groups is 1. The zero-order valence-electron chi connectivity index (χ0n) is 20.3. The molecule has 0 radical (unpaired) electrons. The summed E-state index contributed by atoms with van der Waals surface area (Å²) < 4.78 is 39.2. The first-order chi connectivity index (χ1) is 15.8. The minimum atomic E-state index is -4.61. The van der Waals surface area contributed by atoms with E-state index in [1.54, 1.807) is 6.92 Å². The van der Waals surface area contributed by atoms with Crippen LogP contribution in [0.3, 0.4) is 0 Å². The van der Waals surface area contributed by atoms with Gasteiger partial charge in [0.15, 0.2) is 0 Å². The minimum Gasteiger partial charge on any atom is -0.397 e. The van der Waals surface area contributed by atoms with Gasteiger partial charge in [-0.15, -0.1) is 0 Å². The van der Waals surface area contributed by atoms with Gasteiger partial charge in [-0.05, 0) is 50.3 Å². The van der Waals surface area contributed by atoms with Crippen molar-refractivity contribution in [3.63, 3.8) is 0 Å². The molecule has 10 heteroatoms. The number of aromatic nitrogens is 1. The Morgan fingerprint density at radius 1 is 1.26 bits per heavy atom. The van der Waals surface area contributed by atoms with Crippen molar-refractivity contribution in [3.8, 4) is 0 Å². The predicted molar refractivity (Wildman–Crippen MR) is 130 cm³/mol. The summed E-state index contributed by atoms with van der Waals surface area (Å²) in [5.74, 6) is -0.303. The van der Waals surface area contributed by atoms with Crippen LogP contribution in [-0.2, 0) is 11.0 Å². The van der Waals surface area contributed by atoms with Crippen LogP contribution in [0.2, 0.25) is 0 Å². The lowest BCUT2D eigenvalue weighted by Gasteiger charge is -2.34. The van der Waals surface area contributed by atoms with Gasteiger partial charge in [-0.25, -0.2) is 4.98 Å². The molecular formula is C24H35ClF3N5O. The van der Waals surface area contributed by atoms with Crippen molar-refractivity contribution in [1.82, 2.24) is 15.2 Å². The second-order valence-electron chi connectivity index (χ2n) is 9.73. The van der Waals surface area contributed by atoms with Gasteiger partial charge in [0, 0.05) is 31.2 Å². The zero-order valence-corrected chi connectivity index (χ0v) is 21.1. The highest BCUT2D eigenvalue weighted by atomic mass is 35.5. The first-order valence-corrected chi connectivity index (χ1v) is 11.9. The molecule has 1 aromatic heterocycles. The lowest BCUT2D eigenvalue weighted by Crippen LogP contribution is -2.45. The monoisotopic (exact) mass is 501 g/mol. The number of hydrogen-bond donors (Lipinski definition) is 2. The van der Waals surface area contributed by atoms with Gasteiger partial charge in [-0.1, -0.05) is 38.4 Å². The highest BCUT2D eigenvalue weighted by Crippen LogP contribution is 2.29. The third kappa shape index (κ3) is 8.91. The molecule has 1 aliphatic rings. The lowest BCUT2D eigenvalue weighted by molar-refractivity contribution is -0.141. The number of hydrogen-bond acceptors (Lipinski definition) is 5. The molecule has 190 valence electrons.